The molecule has 0 amide bonds. The SMILES string of the molecule is Cc1onc(-c2ccccc2)c1-c1nnc(COc2ccc(Cl)c(Cl)c2)o1. The maximum Gasteiger partial charge on any atom is 0.254 e. The van der Waals surface area contributed by atoms with Crippen molar-refractivity contribution in [1.29, 1.82) is 0 Å². The third-order valence-electron chi connectivity index (χ3n) is 3.84. The Kier molecular flexibility index (Phi) is 4.83. The summed E-state index contributed by atoms with van der Waals surface area (Å²) in [5, 5.41) is 13.1. The molecule has 0 aliphatic rings. The van der Waals surface area contributed by atoms with Crippen LogP contribution in [0.25, 0.3) is 22.7 Å². The van der Waals surface area contributed by atoms with Crippen LogP contribution >= 0.6 is 23.2 Å². The second kappa shape index (κ2) is 7.42. The van der Waals surface area contributed by atoms with Crippen LogP contribution in [0.5, 0.6) is 5.75 Å². The van der Waals surface area contributed by atoms with Gasteiger partial charge in [0, 0.05) is 11.6 Å². The van der Waals surface area contributed by atoms with Crippen molar-refractivity contribution in [3.63, 3.8) is 0 Å². The molecule has 136 valence electrons. The van der Waals surface area contributed by atoms with E-state index in [1.165, 1.54) is 0 Å². The minimum absolute atomic E-state index is 0.0932. The van der Waals surface area contributed by atoms with Gasteiger partial charge in [0.15, 0.2) is 6.61 Å². The van der Waals surface area contributed by atoms with Gasteiger partial charge in [0.25, 0.3) is 11.8 Å². The Hall–Kier alpha value is -2.83. The van der Waals surface area contributed by atoms with E-state index in [9.17, 15) is 0 Å². The van der Waals surface area contributed by atoms with E-state index < -0.39 is 0 Å². The highest BCUT2D eigenvalue weighted by atomic mass is 35.5. The molecule has 2 aromatic heterocycles. The molecule has 27 heavy (non-hydrogen) atoms. The van der Waals surface area contributed by atoms with Crippen molar-refractivity contribution in [1.82, 2.24) is 15.4 Å². The number of hydrogen-bond donors (Lipinski definition) is 0. The zero-order valence-corrected chi connectivity index (χ0v) is 15.7. The van der Waals surface area contributed by atoms with Gasteiger partial charge in [0.05, 0.1) is 10.0 Å². The smallest absolute Gasteiger partial charge is 0.254 e. The predicted molar refractivity (Wildman–Crippen MR) is 101 cm³/mol. The number of nitrogens with zero attached hydrogens (tertiary/aromatic N) is 3. The molecule has 0 saturated heterocycles. The quantitative estimate of drug-likeness (QED) is 0.434. The van der Waals surface area contributed by atoms with E-state index in [0.29, 0.717) is 44.6 Å². The molecule has 0 spiro atoms. The van der Waals surface area contributed by atoms with Gasteiger partial charge in [-0.2, -0.15) is 0 Å². The van der Waals surface area contributed by atoms with Crippen LogP contribution in [-0.4, -0.2) is 15.4 Å². The Balaban J connectivity index is 1.56. The number of aryl methyl sites for hydroxylation is 1. The van der Waals surface area contributed by atoms with Gasteiger partial charge >= 0.3 is 0 Å². The molecule has 0 aliphatic carbocycles. The van der Waals surface area contributed by atoms with Crippen LogP contribution in [0.15, 0.2) is 57.5 Å². The second-order valence-electron chi connectivity index (χ2n) is 5.69. The molecule has 0 fully saturated rings. The van der Waals surface area contributed by atoms with Crippen molar-refractivity contribution in [2.75, 3.05) is 0 Å². The van der Waals surface area contributed by atoms with Crippen LogP contribution in [0.2, 0.25) is 10.0 Å². The Bertz CT molecular complexity index is 1080. The minimum atomic E-state index is 0.0932. The molecule has 8 heteroatoms. The fraction of sp³-hybridized carbons (Fsp3) is 0.105. The number of ether oxygens (including phenoxy) is 1. The van der Waals surface area contributed by atoms with E-state index in [1.54, 1.807) is 25.1 Å². The van der Waals surface area contributed by atoms with Crippen molar-refractivity contribution in [2.45, 2.75) is 13.5 Å². The van der Waals surface area contributed by atoms with Gasteiger partial charge in [-0.05, 0) is 19.1 Å². The fourth-order valence-electron chi connectivity index (χ4n) is 2.54. The average Bonchev–Trinajstić information content (AvgIpc) is 3.29. The number of rotatable bonds is 5. The molecule has 2 heterocycles. The van der Waals surface area contributed by atoms with Crippen molar-refractivity contribution >= 4 is 23.2 Å². The van der Waals surface area contributed by atoms with Crippen molar-refractivity contribution in [3.8, 4) is 28.5 Å². The monoisotopic (exact) mass is 401 g/mol. The number of benzene rings is 2. The number of halogens is 2. The molecule has 0 atom stereocenters. The lowest BCUT2D eigenvalue weighted by Crippen LogP contribution is -1.95. The average molecular weight is 402 g/mol. The summed E-state index contributed by atoms with van der Waals surface area (Å²) in [6.45, 7) is 1.89. The highest BCUT2D eigenvalue weighted by molar-refractivity contribution is 6.42. The largest absolute Gasteiger partial charge is 0.484 e. The maximum absolute atomic E-state index is 5.98. The molecule has 0 unspecified atom stereocenters. The zero-order valence-electron chi connectivity index (χ0n) is 14.1. The molecule has 0 bridgehead atoms. The fourth-order valence-corrected chi connectivity index (χ4v) is 2.83. The lowest BCUT2D eigenvalue weighted by Gasteiger charge is -2.04. The first-order valence-corrected chi connectivity index (χ1v) is 8.79. The minimum Gasteiger partial charge on any atom is -0.484 e. The maximum atomic E-state index is 5.98. The first-order chi connectivity index (χ1) is 13.1. The topological polar surface area (TPSA) is 74.2 Å². The van der Waals surface area contributed by atoms with Gasteiger partial charge in [0.2, 0.25) is 0 Å². The molecule has 4 aromatic rings. The Morgan fingerprint density at radius 2 is 1.81 bits per heavy atom. The first kappa shape index (κ1) is 17.6. The zero-order chi connectivity index (χ0) is 18.8. The Morgan fingerprint density at radius 1 is 1.00 bits per heavy atom. The van der Waals surface area contributed by atoms with Gasteiger partial charge in [0.1, 0.15) is 22.8 Å². The van der Waals surface area contributed by atoms with Crippen LogP contribution in [0, 0.1) is 6.92 Å². The molecule has 2 aromatic carbocycles. The van der Waals surface area contributed by atoms with E-state index >= 15 is 0 Å². The van der Waals surface area contributed by atoms with Crippen molar-refractivity contribution < 1.29 is 13.7 Å². The summed E-state index contributed by atoms with van der Waals surface area (Å²) in [5.41, 5.74) is 2.21. The van der Waals surface area contributed by atoms with E-state index in [-0.39, 0.29) is 6.61 Å². The summed E-state index contributed by atoms with van der Waals surface area (Å²) in [4.78, 5) is 0. The summed E-state index contributed by atoms with van der Waals surface area (Å²) in [6.07, 6.45) is 0. The van der Waals surface area contributed by atoms with Crippen molar-refractivity contribution in [3.05, 3.63) is 70.2 Å². The van der Waals surface area contributed by atoms with Gasteiger partial charge in [-0.3, -0.25) is 0 Å². The van der Waals surface area contributed by atoms with Crippen LogP contribution < -0.4 is 4.74 Å². The van der Waals surface area contributed by atoms with Gasteiger partial charge in [-0.1, -0.05) is 58.7 Å². The van der Waals surface area contributed by atoms with Crippen LogP contribution in [0.4, 0.5) is 0 Å². The predicted octanol–water partition coefficient (Wildman–Crippen LogP) is 5.59. The lowest BCUT2D eigenvalue weighted by atomic mass is 10.1. The van der Waals surface area contributed by atoms with Gasteiger partial charge in [-0.15, -0.1) is 10.2 Å². The van der Waals surface area contributed by atoms with E-state index in [1.807, 2.05) is 30.3 Å². The summed E-state index contributed by atoms with van der Waals surface area (Å²) >= 11 is 11.9. The van der Waals surface area contributed by atoms with Gasteiger partial charge < -0.3 is 13.7 Å². The van der Waals surface area contributed by atoms with Crippen LogP contribution in [-0.2, 0) is 6.61 Å². The molecular weight excluding hydrogens is 389 g/mol. The second-order valence-corrected chi connectivity index (χ2v) is 6.51. The van der Waals surface area contributed by atoms with Crippen LogP contribution in [0.3, 0.4) is 0 Å². The third-order valence-corrected chi connectivity index (χ3v) is 4.58. The first-order valence-electron chi connectivity index (χ1n) is 8.04. The number of aromatic nitrogens is 3. The summed E-state index contributed by atoms with van der Waals surface area (Å²) in [6, 6.07) is 14.6. The molecule has 0 saturated carbocycles. The molecule has 0 N–H and O–H groups in total. The summed E-state index contributed by atoms with van der Waals surface area (Å²) < 4.78 is 16.7. The molecule has 6 nitrogen and oxygen atoms in total. The highest BCUT2D eigenvalue weighted by Gasteiger charge is 2.22. The molecule has 0 aliphatic heterocycles. The van der Waals surface area contributed by atoms with Crippen LogP contribution in [0.1, 0.15) is 11.7 Å². The standard InChI is InChI=1S/C19H13Cl2N3O3/c1-11-17(18(24-27-11)12-5-3-2-4-6-12)19-23-22-16(26-19)10-25-13-7-8-14(20)15(21)9-13/h2-9H,10H2,1H3. The highest BCUT2D eigenvalue weighted by Crippen LogP contribution is 2.33. The summed E-state index contributed by atoms with van der Waals surface area (Å²) in [5.74, 6) is 1.78. The normalized spacial score (nSPS) is 10.9. The van der Waals surface area contributed by atoms with Gasteiger partial charge in [-0.25, -0.2) is 0 Å². The summed E-state index contributed by atoms with van der Waals surface area (Å²) in [7, 11) is 0. The van der Waals surface area contributed by atoms with E-state index in [4.69, 9.17) is 36.9 Å². The lowest BCUT2D eigenvalue weighted by molar-refractivity contribution is 0.264. The Labute approximate surface area is 164 Å². The molecule has 0 radical (unpaired) electrons. The molecular formula is C19H13Cl2N3O3. The van der Waals surface area contributed by atoms with Crippen molar-refractivity contribution in [2.24, 2.45) is 0 Å². The third kappa shape index (κ3) is 3.67. The number of hydrogen-bond acceptors (Lipinski definition) is 6. The van der Waals surface area contributed by atoms with E-state index in [2.05, 4.69) is 15.4 Å². The molecule has 4 rings (SSSR count). The van der Waals surface area contributed by atoms with E-state index in [0.717, 1.165) is 5.56 Å². The Morgan fingerprint density at radius 3 is 2.59 bits per heavy atom.